The van der Waals surface area contributed by atoms with Gasteiger partial charge in [-0.1, -0.05) is 42.5 Å². The van der Waals surface area contributed by atoms with Gasteiger partial charge < -0.3 is 14.8 Å². The van der Waals surface area contributed by atoms with Crippen molar-refractivity contribution in [2.45, 2.75) is 25.2 Å². The smallest absolute Gasteiger partial charge is 0.270 e. The van der Waals surface area contributed by atoms with E-state index in [4.69, 9.17) is 0 Å². The molecule has 0 bridgehead atoms. The molecule has 39 heavy (non-hydrogen) atoms. The zero-order chi connectivity index (χ0) is 27.4. The zero-order valence-corrected chi connectivity index (χ0v) is 21.8. The van der Waals surface area contributed by atoms with Crippen LogP contribution in [0.3, 0.4) is 0 Å². The summed E-state index contributed by atoms with van der Waals surface area (Å²) in [4.78, 5) is 39.5. The Labute approximate surface area is 226 Å². The van der Waals surface area contributed by atoms with E-state index in [0.717, 1.165) is 24.0 Å². The highest BCUT2D eigenvalue weighted by Gasteiger charge is 2.25. The average Bonchev–Trinajstić information content (AvgIpc) is 2.95. The SMILES string of the molecule is Cn1c(C(=O)N2CCC(c3ccc(NC(=O)c4cccc(Cc5cccc(F)c5)c4)cc3)CC2)cccc1=O. The first-order valence-corrected chi connectivity index (χ1v) is 13.1. The molecule has 2 amide bonds. The normalized spacial score (nSPS) is 13.7. The van der Waals surface area contributed by atoms with Crippen LogP contribution in [0.5, 0.6) is 0 Å². The molecule has 0 spiro atoms. The largest absolute Gasteiger partial charge is 0.337 e. The molecule has 0 unspecified atom stereocenters. The molecular formula is C32H30FN3O3. The number of amides is 2. The summed E-state index contributed by atoms with van der Waals surface area (Å²) < 4.78 is 14.9. The summed E-state index contributed by atoms with van der Waals surface area (Å²) in [6, 6.07) is 26.4. The fourth-order valence-corrected chi connectivity index (χ4v) is 5.10. The van der Waals surface area contributed by atoms with Gasteiger partial charge in [-0.25, -0.2) is 4.39 Å². The molecule has 1 aromatic heterocycles. The zero-order valence-electron chi connectivity index (χ0n) is 21.8. The number of carbonyl (C=O) groups is 2. The molecular weight excluding hydrogens is 493 g/mol. The monoisotopic (exact) mass is 523 g/mol. The lowest BCUT2D eigenvalue weighted by atomic mass is 9.89. The van der Waals surface area contributed by atoms with Crippen LogP contribution in [-0.4, -0.2) is 34.4 Å². The maximum Gasteiger partial charge on any atom is 0.270 e. The van der Waals surface area contributed by atoms with Crippen molar-refractivity contribution in [3.63, 3.8) is 0 Å². The first kappa shape index (κ1) is 26.1. The molecule has 1 aliphatic rings. The maximum atomic E-state index is 13.5. The Hall–Kier alpha value is -4.52. The van der Waals surface area contributed by atoms with Crippen molar-refractivity contribution in [1.82, 2.24) is 9.47 Å². The maximum absolute atomic E-state index is 13.5. The van der Waals surface area contributed by atoms with E-state index in [0.29, 0.717) is 42.4 Å². The Morgan fingerprint density at radius 3 is 2.26 bits per heavy atom. The molecule has 2 heterocycles. The van der Waals surface area contributed by atoms with Crippen LogP contribution < -0.4 is 10.9 Å². The summed E-state index contributed by atoms with van der Waals surface area (Å²) >= 11 is 0. The van der Waals surface area contributed by atoms with Crippen LogP contribution >= 0.6 is 0 Å². The lowest BCUT2D eigenvalue weighted by molar-refractivity contribution is 0.0701. The first-order valence-electron chi connectivity index (χ1n) is 13.1. The predicted octanol–water partition coefficient (Wildman–Crippen LogP) is 5.39. The van der Waals surface area contributed by atoms with Gasteiger partial charge in [-0.2, -0.15) is 0 Å². The van der Waals surface area contributed by atoms with E-state index in [1.54, 1.807) is 31.3 Å². The minimum Gasteiger partial charge on any atom is -0.337 e. The topological polar surface area (TPSA) is 71.4 Å². The molecule has 0 aliphatic carbocycles. The van der Waals surface area contributed by atoms with Gasteiger partial charge in [0.1, 0.15) is 11.5 Å². The fraction of sp³-hybridized carbons (Fsp3) is 0.219. The summed E-state index contributed by atoms with van der Waals surface area (Å²) in [6.45, 7) is 1.24. The van der Waals surface area contributed by atoms with E-state index in [2.05, 4.69) is 5.32 Å². The quantitative estimate of drug-likeness (QED) is 0.369. The van der Waals surface area contributed by atoms with Gasteiger partial charge in [-0.05, 0) is 84.3 Å². The number of nitrogens with zero attached hydrogens (tertiary/aromatic N) is 2. The van der Waals surface area contributed by atoms with Crippen LogP contribution in [0, 0.1) is 5.82 Å². The van der Waals surface area contributed by atoms with Gasteiger partial charge in [0, 0.05) is 37.5 Å². The van der Waals surface area contributed by atoms with Crippen molar-refractivity contribution in [3.05, 3.63) is 135 Å². The minimum absolute atomic E-state index is 0.119. The number of anilines is 1. The molecule has 5 rings (SSSR count). The van der Waals surface area contributed by atoms with Gasteiger partial charge in [0.2, 0.25) is 0 Å². The average molecular weight is 524 g/mol. The molecule has 1 saturated heterocycles. The molecule has 7 heteroatoms. The summed E-state index contributed by atoms with van der Waals surface area (Å²) in [5, 5.41) is 2.96. The predicted molar refractivity (Wildman–Crippen MR) is 150 cm³/mol. The van der Waals surface area contributed by atoms with Gasteiger partial charge in [-0.3, -0.25) is 14.4 Å². The molecule has 198 valence electrons. The highest BCUT2D eigenvalue weighted by molar-refractivity contribution is 6.04. The van der Waals surface area contributed by atoms with E-state index >= 15 is 0 Å². The number of piperidine rings is 1. The second-order valence-corrected chi connectivity index (χ2v) is 9.96. The lowest BCUT2D eigenvalue weighted by Gasteiger charge is -2.32. The van der Waals surface area contributed by atoms with Crippen LogP contribution in [0.25, 0.3) is 0 Å². The minimum atomic E-state index is -0.274. The molecule has 0 radical (unpaired) electrons. The molecule has 0 saturated carbocycles. The number of carbonyl (C=O) groups excluding carboxylic acids is 2. The van der Waals surface area contributed by atoms with Crippen LogP contribution in [-0.2, 0) is 13.5 Å². The molecule has 3 aromatic carbocycles. The second kappa shape index (κ2) is 11.5. The third-order valence-electron chi connectivity index (χ3n) is 7.31. The third kappa shape index (κ3) is 6.14. The number of rotatable bonds is 6. The van der Waals surface area contributed by atoms with Crippen molar-refractivity contribution in [2.75, 3.05) is 18.4 Å². The van der Waals surface area contributed by atoms with Crippen LogP contribution in [0.2, 0.25) is 0 Å². The summed E-state index contributed by atoms with van der Waals surface area (Å²) in [7, 11) is 1.62. The van der Waals surface area contributed by atoms with Crippen LogP contribution in [0.4, 0.5) is 10.1 Å². The number of likely N-dealkylation sites (tertiary alicyclic amines) is 1. The van der Waals surface area contributed by atoms with Crippen molar-refractivity contribution >= 4 is 17.5 Å². The summed E-state index contributed by atoms with van der Waals surface area (Å²) in [6.07, 6.45) is 2.20. The number of aromatic nitrogens is 1. The van der Waals surface area contributed by atoms with Crippen molar-refractivity contribution in [3.8, 4) is 0 Å². The third-order valence-corrected chi connectivity index (χ3v) is 7.31. The van der Waals surface area contributed by atoms with Crippen LogP contribution in [0.1, 0.15) is 56.3 Å². The van der Waals surface area contributed by atoms with Gasteiger partial charge in [0.25, 0.3) is 17.4 Å². The lowest BCUT2D eigenvalue weighted by Crippen LogP contribution is -2.40. The number of hydrogen-bond acceptors (Lipinski definition) is 3. The van der Waals surface area contributed by atoms with Gasteiger partial charge >= 0.3 is 0 Å². The number of pyridine rings is 1. The molecule has 4 aromatic rings. The molecule has 1 aliphatic heterocycles. The molecule has 1 N–H and O–H groups in total. The highest BCUT2D eigenvalue weighted by atomic mass is 19.1. The Bertz CT molecular complexity index is 1550. The van der Waals surface area contributed by atoms with E-state index in [1.807, 2.05) is 53.4 Å². The molecule has 0 atom stereocenters. The van der Waals surface area contributed by atoms with E-state index in [9.17, 15) is 18.8 Å². The van der Waals surface area contributed by atoms with Gasteiger partial charge in [-0.15, -0.1) is 0 Å². The van der Waals surface area contributed by atoms with E-state index < -0.39 is 0 Å². The van der Waals surface area contributed by atoms with Gasteiger partial charge in [0.05, 0.1) is 0 Å². The summed E-state index contributed by atoms with van der Waals surface area (Å²) in [5.41, 5.74) is 4.41. The van der Waals surface area contributed by atoms with Crippen molar-refractivity contribution < 1.29 is 14.0 Å². The number of hydrogen-bond donors (Lipinski definition) is 1. The highest BCUT2D eigenvalue weighted by Crippen LogP contribution is 2.29. The molecule has 1 fully saturated rings. The standard InChI is InChI=1S/C32H30FN3O3/c1-35-29(9-4-10-30(35)37)32(39)36-17-15-25(16-18-36)24-11-13-28(14-12-24)34-31(38)26-7-2-5-22(20-26)19-23-6-3-8-27(33)21-23/h2-14,20-21,25H,15-19H2,1H3,(H,34,38). The first-order chi connectivity index (χ1) is 18.9. The van der Waals surface area contributed by atoms with Crippen molar-refractivity contribution in [1.29, 1.82) is 0 Å². The van der Waals surface area contributed by atoms with Crippen LogP contribution in [0.15, 0.2) is 95.8 Å². The number of nitrogens with one attached hydrogen (secondary N) is 1. The molecule has 6 nitrogen and oxygen atoms in total. The Morgan fingerprint density at radius 2 is 1.54 bits per heavy atom. The number of halogens is 1. The Morgan fingerprint density at radius 1 is 0.872 bits per heavy atom. The van der Waals surface area contributed by atoms with E-state index in [-0.39, 0.29) is 23.2 Å². The van der Waals surface area contributed by atoms with Crippen molar-refractivity contribution in [2.24, 2.45) is 7.05 Å². The fourth-order valence-electron chi connectivity index (χ4n) is 5.10. The van der Waals surface area contributed by atoms with Gasteiger partial charge in [0.15, 0.2) is 0 Å². The second-order valence-electron chi connectivity index (χ2n) is 9.96. The Kier molecular flexibility index (Phi) is 7.68. The summed E-state index contributed by atoms with van der Waals surface area (Å²) in [5.74, 6) is -0.278. The van der Waals surface area contributed by atoms with E-state index in [1.165, 1.54) is 28.3 Å². The Balaban J connectivity index is 1.17. The number of benzene rings is 3.